The van der Waals surface area contributed by atoms with Gasteiger partial charge in [-0.05, 0) is 90.6 Å². The van der Waals surface area contributed by atoms with Crippen molar-refractivity contribution in [1.29, 1.82) is 0 Å². The van der Waals surface area contributed by atoms with Crippen molar-refractivity contribution >= 4 is 35.2 Å². The second-order valence-electron chi connectivity index (χ2n) is 14.8. The van der Waals surface area contributed by atoms with Crippen LogP contribution in [-0.2, 0) is 43.9 Å². The Hall–Kier alpha value is -5.95. The van der Waals surface area contributed by atoms with E-state index >= 15 is 0 Å². The Balaban J connectivity index is 1.27. The number of anilines is 1. The lowest BCUT2D eigenvalue weighted by atomic mass is 9.86. The third kappa shape index (κ3) is 8.31. The summed E-state index contributed by atoms with van der Waals surface area (Å²) < 4.78 is 0. The average Bonchev–Trinajstić information content (AvgIpc) is 3.44. The Labute approximate surface area is 314 Å². The van der Waals surface area contributed by atoms with Crippen molar-refractivity contribution in [2.24, 2.45) is 11.5 Å². The van der Waals surface area contributed by atoms with Gasteiger partial charge >= 0.3 is 0 Å². The summed E-state index contributed by atoms with van der Waals surface area (Å²) in [6.07, 6.45) is 3.79. The molecule has 0 spiro atoms. The van der Waals surface area contributed by atoms with Crippen LogP contribution in [0.4, 0.5) is 5.69 Å². The van der Waals surface area contributed by atoms with E-state index in [9.17, 15) is 24.0 Å². The minimum absolute atomic E-state index is 0.00110. The van der Waals surface area contributed by atoms with Gasteiger partial charge in [0, 0.05) is 23.7 Å². The zero-order chi connectivity index (χ0) is 38.7. The predicted molar refractivity (Wildman–Crippen MR) is 205 cm³/mol. The van der Waals surface area contributed by atoms with Gasteiger partial charge in [-0.3, -0.25) is 24.0 Å². The van der Waals surface area contributed by atoms with E-state index in [0.29, 0.717) is 45.0 Å². The molecule has 4 bridgehead atoms. The van der Waals surface area contributed by atoms with Crippen LogP contribution in [0.5, 0.6) is 0 Å². The maximum Gasteiger partial charge on any atom is 0.255 e. The maximum atomic E-state index is 14.0. The van der Waals surface area contributed by atoms with Gasteiger partial charge < -0.3 is 32.7 Å². The fourth-order valence-electron chi connectivity index (χ4n) is 7.25. The SMILES string of the molecule is Cc1cc2cc(c1NC(=O)[C@H](CCN)NC(=O)c1cnc(-c3ccc4c(c3)CCC4(C)C)nc1C)-c1cccc(c1)CC(=O)NCC(=O)NC(C(N)=O)C2. The van der Waals surface area contributed by atoms with Crippen LogP contribution < -0.4 is 32.7 Å². The highest BCUT2D eigenvalue weighted by molar-refractivity contribution is 6.04. The van der Waals surface area contributed by atoms with E-state index in [1.807, 2.05) is 31.2 Å². The van der Waals surface area contributed by atoms with Crippen LogP contribution in [0.25, 0.3) is 22.5 Å². The normalized spacial score (nSPS) is 16.9. The van der Waals surface area contributed by atoms with Gasteiger partial charge in [-0.25, -0.2) is 9.97 Å². The molecular weight excluding hydrogens is 685 g/mol. The number of rotatable bonds is 8. The first kappa shape index (κ1) is 37.8. The Bertz CT molecular complexity index is 2160. The van der Waals surface area contributed by atoms with Crippen LogP contribution in [0.1, 0.15) is 70.6 Å². The number of carbonyl (C=O) groups excluding carboxylic acids is 5. The van der Waals surface area contributed by atoms with Gasteiger partial charge in [-0.2, -0.15) is 0 Å². The summed E-state index contributed by atoms with van der Waals surface area (Å²) in [5.41, 5.74) is 19.7. The highest BCUT2D eigenvalue weighted by atomic mass is 16.2. The van der Waals surface area contributed by atoms with Crippen LogP contribution in [0.3, 0.4) is 0 Å². The standard InChI is InChI=1S/C41H46N8O5/c1-22-14-25-16-29(26-7-5-6-24(15-26)18-34(50)44-21-35(51)47-33(17-25)37(43)52)36(22)49-40(54)32(11-13-42)48-39(53)30-20-45-38(46-23(30)2)28-8-9-31-27(19-28)10-12-41(31,3)4/h5-9,14-16,19-20,32-33H,10-13,17-18,21,42H2,1-4H3,(H2,43,52)(H,44,50)(H,47,51)(H,48,53)(H,49,54)/t32-,33?/m0/s1. The van der Waals surface area contributed by atoms with Crippen molar-refractivity contribution in [2.45, 2.75) is 77.3 Å². The third-order valence-corrected chi connectivity index (χ3v) is 10.2. The summed E-state index contributed by atoms with van der Waals surface area (Å²) in [6, 6.07) is 15.1. The lowest BCUT2D eigenvalue weighted by Gasteiger charge is -2.23. The van der Waals surface area contributed by atoms with Gasteiger partial charge in [-0.15, -0.1) is 0 Å². The zero-order valence-electron chi connectivity index (χ0n) is 31.0. The first-order chi connectivity index (χ1) is 25.7. The molecule has 3 aromatic carbocycles. The quantitative estimate of drug-likeness (QED) is 0.158. The van der Waals surface area contributed by atoms with Crippen molar-refractivity contribution in [3.05, 3.63) is 99.9 Å². The molecule has 0 fully saturated rings. The van der Waals surface area contributed by atoms with Crippen LogP contribution in [0, 0.1) is 13.8 Å². The molecule has 0 saturated heterocycles. The second-order valence-corrected chi connectivity index (χ2v) is 14.8. The molecule has 1 aliphatic carbocycles. The number of primary amides is 1. The van der Waals surface area contributed by atoms with E-state index in [1.54, 1.807) is 25.1 Å². The van der Waals surface area contributed by atoms with Crippen LogP contribution in [0.2, 0.25) is 0 Å². The van der Waals surface area contributed by atoms with Crippen molar-refractivity contribution in [1.82, 2.24) is 25.9 Å². The van der Waals surface area contributed by atoms with Gasteiger partial charge in [-0.1, -0.05) is 56.3 Å². The molecule has 280 valence electrons. The number of aryl methyl sites for hydroxylation is 3. The monoisotopic (exact) mass is 730 g/mol. The molecule has 5 amide bonds. The largest absolute Gasteiger partial charge is 0.368 e. The summed E-state index contributed by atoms with van der Waals surface area (Å²) in [4.78, 5) is 74.4. The number of nitrogens with two attached hydrogens (primary N) is 2. The first-order valence-electron chi connectivity index (χ1n) is 18.1. The number of carbonyl (C=O) groups is 5. The van der Waals surface area contributed by atoms with E-state index in [-0.39, 0.29) is 49.2 Å². The van der Waals surface area contributed by atoms with Gasteiger partial charge in [0.1, 0.15) is 12.1 Å². The number of amides is 5. The number of aromatic nitrogens is 2. The fraction of sp³-hybridized carbons (Fsp3) is 0.341. The van der Waals surface area contributed by atoms with Crippen molar-refractivity contribution in [3.63, 3.8) is 0 Å². The number of hydrogen-bond acceptors (Lipinski definition) is 8. The molecule has 6 rings (SSSR count). The Kier molecular flexibility index (Phi) is 10.9. The van der Waals surface area contributed by atoms with E-state index in [1.165, 1.54) is 17.3 Å². The average molecular weight is 731 g/mol. The molecule has 4 aromatic rings. The summed E-state index contributed by atoms with van der Waals surface area (Å²) in [5.74, 6) is -2.14. The zero-order valence-corrected chi connectivity index (χ0v) is 31.0. The van der Waals surface area contributed by atoms with Gasteiger partial charge in [0.2, 0.25) is 23.6 Å². The molecule has 13 nitrogen and oxygen atoms in total. The van der Waals surface area contributed by atoms with Crippen molar-refractivity contribution in [2.75, 3.05) is 18.4 Å². The van der Waals surface area contributed by atoms with E-state index in [0.717, 1.165) is 18.4 Å². The third-order valence-electron chi connectivity index (χ3n) is 10.2. The number of benzene rings is 3. The molecule has 2 heterocycles. The maximum absolute atomic E-state index is 14.0. The molecule has 13 heteroatoms. The van der Waals surface area contributed by atoms with Gasteiger partial charge in [0.05, 0.1) is 29.9 Å². The van der Waals surface area contributed by atoms with Crippen molar-refractivity contribution < 1.29 is 24.0 Å². The molecule has 54 heavy (non-hydrogen) atoms. The highest BCUT2D eigenvalue weighted by Gasteiger charge is 2.30. The molecule has 0 radical (unpaired) electrons. The number of hydrogen-bond donors (Lipinski definition) is 6. The number of nitrogens with zero attached hydrogens (tertiary/aromatic N) is 2. The van der Waals surface area contributed by atoms with Gasteiger partial charge in [0.15, 0.2) is 5.82 Å². The Morgan fingerprint density at radius 2 is 1.80 bits per heavy atom. The van der Waals surface area contributed by atoms with Crippen LogP contribution in [-0.4, -0.2) is 64.7 Å². The first-order valence-corrected chi connectivity index (χ1v) is 18.1. The predicted octanol–water partition coefficient (Wildman–Crippen LogP) is 2.92. The van der Waals surface area contributed by atoms with Gasteiger partial charge in [0.25, 0.3) is 5.91 Å². The molecule has 1 aromatic heterocycles. The Morgan fingerprint density at radius 3 is 2.54 bits per heavy atom. The van der Waals surface area contributed by atoms with E-state index in [2.05, 4.69) is 57.2 Å². The summed E-state index contributed by atoms with van der Waals surface area (Å²) >= 11 is 0. The lowest BCUT2D eigenvalue weighted by Crippen LogP contribution is -2.49. The number of nitrogens with one attached hydrogen (secondary N) is 4. The molecule has 0 saturated carbocycles. The molecule has 1 unspecified atom stereocenters. The minimum atomic E-state index is -1.04. The molecular formula is C41H46N8O5. The van der Waals surface area contributed by atoms with Crippen LogP contribution in [0.15, 0.2) is 60.8 Å². The molecule has 2 atom stereocenters. The minimum Gasteiger partial charge on any atom is -0.368 e. The van der Waals surface area contributed by atoms with E-state index in [4.69, 9.17) is 11.5 Å². The molecule has 1 aliphatic heterocycles. The summed E-state index contributed by atoms with van der Waals surface area (Å²) in [7, 11) is 0. The highest BCUT2D eigenvalue weighted by Crippen LogP contribution is 2.39. The fourth-order valence-corrected chi connectivity index (χ4v) is 7.25. The summed E-state index contributed by atoms with van der Waals surface area (Å²) in [5, 5.41) is 11.0. The molecule has 2 aliphatic rings. The second kappa shape index (κ2) is 15.6. The molecule has 8 N–H and O–H groups in total. The van der Waals surface area contributed by atoms with Crippen LogP contribution >= 0.6 is 0 Å². The number of fused-ring (bicyclic) bond motifs is 6. The topological polar surface area (TPSA) is 211 Å². The summed E-state index contributed by atoms with van der Waals surface area (Å²) in [6.45, 7) is 7.86. The van der Waals surface area contributed by atoms with E-state index < -0.39 is 35.7 Å². The smallest absolute Gasteiger partial charge is 0.255 e. The Morgan fingerprint density at radius 1 is 1.00 bits per heavy atom. The lowest BCUT2D eigenvalue weighted by molar-refractivity contribution is -0.128. The van der Waals surface area contributed by atoms with Crippen molar-refractivity contribution in [3.8, 4) is 22.5 Å².